The summed E-state index contributed by atoms with van der Waals surface area (Å²) in [6.45, 7) is 5.36. The van der Waals surface area contributed by atoms with Crippen LogP contribution in [0.3, 0.4) is 0 Å². The molecule has 7 heteroatoms. The van der Waals surface area contributed by atoms with Crippen molar-refractivity contribution in [3.8, 4) is 5.75 Å². The number of hydrogen-bond donors (Lipinski definition) is 0. The Balaban J connectivity index is 1.97. The van der Waals surface area contributed by atoms with Gasteiger partial charge in [0.25, 0.3) is 0 Å². The first-order chi connectivity index (χ1) is 13.4. The Morgan fingerprint density at radius 3 is 2.54 bits per heavy atom. The minimum atomic E-state index is -0.564. The van der Waals surface area contributed by atoms with Crippen LogP contribution in [0.4, 0.5) is 0 Å². The predicted octanol–water partition coefficient (Wildman–Crippen LogP) is 4.15. The van der Waals surface area contributed by atoms with E-state index in [0.29, 0.717) is 5.56 Å². The Hall–Kier alpha value is -2.67. The fourth-order valence-electron chi connectivity index (χ4n) is 2.54. The zero-order valence-corrected chi connectivity index (χ0v) is 16.9. The second-order valence-electron chi connectivity index (χ2n) is 6.21. The zero-order chi connectivity index (χ0) is 20.5. The van der Waals surface area contributed by atoms with Gasteiger partial charge in [-0.1, -0.05) is 37.7 Å². The van der Waals surface area contributed by atoms with Gasteiger partial charge in [-0.05, 0) is 30.7 Å². The molecule has 2 aromatic rings. The van der Waals surface area contributed by atoms with Crippen molar-refractivity contribution in [2.45, 2.75) is 32.4 Å². The molecular formula is C21H23NO5S. The van der Waals surface area contributed by atoms with Gasteiger partial charge >= 0.3 is 11.9 Å². The van der Waals surface area contributed by atoms with E-state index in [1.807, 2.05) is 13.8 Å². The van der Waals surface area contributed by atoms with Gasteiger partial charge in [-0.3, -0.25) is 14.6 Å². The maximum Gasteiger partial charge on any atom is 0.341 e. The first-order valence-corrected chi connectivity index (χ1v) is 9.85. The van der Waals surface area contributed by atoms with Crippen molar-refractivity contribution < 1.29 is 23.9 Å². The largest absolute Gasteiger partial charge is 0.462 e. The van der Waals surface area contributed by atoms with Crippen molar-refractivity contribution in [1.82, 2.24) is 4.98 Å². The molecule has 0 aliphatic heterocycles. The predicted molar refractivity (Wildman–Crippen MR) is 107 cm³/mol. The Kier molecular flexibility index (Phi) is 8.19. The minimum absolute atomic E-state index is 0.00420. The summed E-state index contributed by atoms with van der Waals surface area (Å²) in [5.74, 6) is -0.908. The number of thioether (sulfide) groups is 1. The molecule has 0 saturated heterocycles. The molecule has 28 heavy (non-hydrogen) atoms. The highest BCUT2D eigenvalue weighted by molar-refractivity contribution is 8.14. The highest BCUT2D eigenvalue weighted by atomic mass is 32.2. The number of esters is 2. The second-order valence-corrected chi connectivity index (χ2v) is 7.56. The van der Waals surface area contributed by atoms with Crippen LogP contribution in [0, 0.1) is 5.92 Å². The molecule has 0 saturated carbocycles. The maximum atomic E-state index is 12.4. The molecule has 0 fully saturated rings. The average molecular weight is 401 g/mol. The van der Waals surface area contributed by atoms with Crippen LogP contribution < -0.4 is 4.74 Å². The summed E-state index contributed by atoms with van der Waals surface area (Å²) in [5.41, 5.74) is 0.737. The van der Waals surface area contributed by atoms with Crippen molar-refractivity contribution in [1.29, 1.82) is 0 Å². The molecule has 0 spiro atoms. The SMILES string of the molecule is CCC(COC(=O)c1ccccc1OC(C)=O)C(C)SC(=O)c1cccnc1. The molecule has 6 nitrogen and oxygen atoms in total. The highest BCUT2D eigenvalue weighted by Crippen LogP contribution is 2.27. The van der Waals surface area contributed by atoms with Crippen molar-refractivity contribution in [2.24, 2.45) is 5.92 Å². The van der Waals surface area contributed by atoms with Crippen molar-refractivity contribution in [3.05, 3.63) is 59.9 Å². The summed E-state index contributed by atoms with van der Waals surface area (Å²) in [6, 6.07) is 9.88. The number of carbonyl (C=O) groups is 3. The van der Waals surface area contributed by atoms with Gasteiger partial charge in [0, 0.05) is 36.0 Å². The van der Waals surface area contributed by atoms with Crippen LogP contribution in [0.15, 0.2) is 48.8 Å². The molecule has 148 valence electrons. The molecule has 2 atom stereocenters. The monoisotopic (exact) mass is 401 g/mol. The molecule has 2 unspecified atom stereocenters. The van der Waals surface area contributed by atoms with Gasteiger partial charge < -0.3 is 9.47 Å². The number of pyridine rings is 1. The Labute approximate surface area is 168 Å². The third kappa shape index (κ3) is 6.20. The van der Waals surface area contributed by atoms with Crippen LogP contribution in [0.5, 0.6) is 5.75 Å². The number of nitrogens with zero attached hydrogens (tertiary/aromatic N) is 1. The number of rotatable bonds is 8. The summed E-state index contributed by atoms with van der Waals surface area (Å²) < 4.78 is 10.5. The van der Waals surface area contributed by atoms with Crippen molar-refractivity contribution in [3.63, 3.8) is 0 Å². The maximum absolute atomic E-state index is 12.4. The lowest BCUT2D eigenvalue weighted by molar-refractivity contribution is -0.131. The molecule has 1 aromatic heterocycles. The second kappa shape index (κ2) is 10.6. The van der Waals surface area contributed by atoms with E-state index in [1.165, 1.54) is 24.9 Å². The van der Waals surface area contributed by atoms with E-state index in [0.717, 1.165) is 6.42 Å². The molecule has 0 bridgehead atoms. The summed E-state index contributed by atoms with van der Waals surface area (Å²) >= 11 is 1.20. The first-order valence-electron chi connectivity index (χ1n) is 8.98. The molecule has 1 aromatic carbocycles. The highest BCUT2D eigenvalue weighted by Gasteiger charge is 2.23. The average Bonchev–Trinajstić information content (AvgIpc) is 2.68. The first kappa shape index (κ1) is 21.6. The number of hydrogen-bond acceptors (Lipinski definition) is 7. The molecule has 2 rings (SSSR count). The van der Waals surface area contributed by atoms with Gasteiger partial charge in [0.15, 0.2) is 0 Å². The van der Waals surface area contributed by atoms with Gasteiger partial charge in [-0.15, -0.1) is 0 Å². The smallest absolute Gasteiger partial charge is 0.341 e. The van der Waals surface area contributed by atoms with Crippen LogP contribution in [0.1, 0.15) is 47.9 Å². The van der Waals surface area contributed by atoms with Gasteiger partial charge in [0.2, 0.25) is 5.12 Å². The molecule has 0 amide bonds. The van der Waals surface area contributed by atoms with E-state index in [2.05, 4.69) is 4.98 Å². The van der Waals surface area contributed by atoms with E-state index in [-0.39, 0.29) is 34.2 Å². The molecule has 1 heterocycles. The lowest BCUT2D eigenvalue weighted by atomic mass is 10.0. The van der Waals surface area contributed by atoms with Gasteiger partial charge in [-0.2, -0.15) is 0 Å². The number of aromatic nitrogens is 1. The normalized spacial score (nSPS) is 12.7. The van der Waals surface area contributed by atoms with Crippen LogP contribution in [0.2, 0.25) is 0 Å². The van der Waals surface area contributed by atoms with Gasteiger partial charge in [0.1, 0.15) is 11.3 Å². The minimum Gasteiger partial charge on any atom is -0.462 e. The summed E-state index contributed by atoms with van der Waals surface area (Å²) in [5, 5.41) is -0.111. The quantitative estimate of drug-likeness (QED) is 0.485. The van der Waals surface area contributed by atoms with Crippen LogP contribution in [-0.4, -0.2) is 33.9 Å². The Bertz CT molecular complexity index is 825. The molecular weight excluding hydrogens is 378 g/mol. The molecule has 0 aliphatic carbocycles. The van der Waals surface area contributed by atoms with Crippen LogP contribution in [0.25, 0.3) is 0 Å². The summed E-state index contributed by atoms with van der Waals surface area (Å²) in [6.07, 6.45) is 3.90. The lowest BCUT2D eigenvalue weighted by Gasteiger charge is -2.21. The summed E-state index contributed by atoms with van der Waals surface area (Å²) in [4.78, 5) is 39.9. The third-order valence-electron chi connectivity index (χ3n) is 4.17. The van der Waals surface area contributed by atoms with E-state index in [9.17, 15) is 14.4 Å². The molecule has 0 radical (unpaired) electrons. The Morgan fingerprint density at radius 1 is 1.14 bits per heavy atom. The lowest BCUT2D eigenvalue weighted by Crippen LogP contribution is -2.23. The zero-order valence-electron chi connectivity index (χ0n) is 16.1. The van der Waals surface area contributed by atoms with Gasteiger partial charge in [0.05, 0.1) is 6.61 Å². The van der Waals surface area contributed by atoms with E-state index >= 15 is 0 Å². The van der Waals surface area contributed by atoms with E-state index in [1.54, 1.807) is 42.6 Å². The standard InChI is InChI=1S/C21H23NO5S/c1-4-16(14(2)28-21(25)17-8-7-11-22-12-17)13-26-20(24)18-9-5-6-10-19(18)27-15(3)23/h5-12,14,16H,4,13H2,1-3H3. The van der Waals surface area contributed by atoms with Crippen molar-refractivity contribution >= 4 is 28.8 Å². The Morgan fingerprint density at radius 2 is 1.89 bits per heavy atom. The summed E-state index contributed by atoms with van der Waals surface area (Å²) in [7, 11) is 0. The third-order valence-corrected chi connectivity index (χ3v) is 5.37. The topological polar surface area (TPSA) is 82.6 Å². The molecule has 0 N–H and O–H groups in total. The fourth-order valence-corrected chi connectivity index (χ4v) is 3.60. The number of para-hydroxylation sites is 1. The molecule has 0 aliphatic rings. The number of benzene rings is 1. The van der Waals surface area contributed by atoms with E-state index in [4.69, 9.17) is 9.47 Å². The number of carbonyl (C=O) groups excluding carboxylic acids is 3. The van der Waals surface area contributed by atoms with Gasteiger partial charge in [-0.25, -0.2) is 4.79 Å². The van der Waals surface area contributed by atoms with Crippen LogP contribution in [-0.2, 0) is 9.53 Å². The fraction of sp³-hybridized carbons (Fsp3) is 0.333. The van der Waals surface area contributed by atoms with Crippen LogP contribution >= 0.6 is 11.8 Å². The number of ether oxygens (including phenoxy) is 2. The van der Waals surface area contributed by atoms with E-state index < -0.39 is 11.9 Å². The van der Waals surface area contributed by atoms with Crippen molar-refractivity contribution in [2.75, 3.05) is 6.61 Å².